The van der Waals surface area contributed by atoms with Crippen LogP contribution >= 0.6 is 0 Å². The van der Waals surface area contributed by atoms with Crippen molar-refractivity contribution in [2.24, 2.45) is 11.8 Å². The summed E-state index contributed by atoms with van der Waals surface area (Å²) < 4.78 is 7.06. The predicted octanol–water partition coefficient (Wildman–Crippen LogP) is 2.68. The van der Waals surface area contributed by atoms with Gasteiger partial charge in [-0.15, -0.1) is 0 Å². The Morgan fingerprint density at radius 1 is 1.09 bits per heavy atom. The minimum absolute atomic E-state index is 0.0277. The van der Waals surface area contributed by atoms with Gasteiger partial charge in [0.25, 0.3) is 5.56 Å². The number of rotatable bonds is 5. The van der Waals surface area contributed by atoms with Crippen LogP contribution in [0, 0.1) is 11.8 Å². The van der Waals surface area contributed by atoms with E-state index in [1.165, 1.54) is 6.39 Å². The van der Waals surface area contributed by atoms with Crippen LogP contribution in [-0.4, -0.2) is 56.1 Å². The molecule has 35 heavy (non-hydrogen) atoms. The van der Waals surface area contributed by atoms with Crippen molar-refractivity contribution in [3.8, 4) is 11.1 Å². The number of aliphatic hydroxyl groups excluding tert-OH is 1. The first-order chi connectivity index (χ1) is 17.2. The summed E-state index contributed by atoms with van der Waals surface area (Å²) in [5.74, 6) is -0.221. The van der Waals surface area contributed by atoms with E-state index in [9.17, 15) is 14.7 Å². The number of fused-ring (bicyclic) bond motifs is 3. The molecule has 0 bridgehead atoms. The van der Waals surface area contributed by atoms with Gasteiger partial charge in [-0.1, -0.05) is 30.3 Å². The second-order valence-electron chi connectivity index (χ2n) is 9.89. The molecule has 0 radical (unpaired) electrons. The zero-order chi connectivity index (χ0) is 23.9. The number of nitrogens with zero attached hydrogens (tertiary/aromatic N) is 4. The van der Waals surface area contributed by atoms with Gasteiger partial charge in [0.1, 0.15) is 6.26 Å². The first-order valence-corrected chi connectivity index (χ1v) is 12.5. The van der Waals surface area contributed by atoms with Gasteiger partial charge in [0.15, 0.2) is 6.39 Å². The molecule has 3 aliphatic heterocycles. The molecule has 0 unspecified atom stereocenters. The zero-order valence-corrected chi connectivity index (χ0v) is 19.6. The molecule has 5 heterocycles. The lowest BCUT2D eigenvalue weighted by Crippen LogP contribution is -2.51. The van der Waals surface area contributed by atoms with Crippen LogP contribution in [0.4, 0.5) is 0 Å². The minimum Gasteiger partial charge on any atom is -0.451 e. The SMILES string of the molecule is O=C([C@H]1[C@H](CO)[C@H]2Cn3c(ccc(-c4ccccc4)c3=O)[C@H]2N1Cc1cocn1)N1CCCCC1. The maximum Gasteiger partial charge on any atom is 0.258 e. The highest BCUT2D eigenvalue weighted by Gasteiger charge is 2.56. The van der Waals surface area contributed by atoms with Crippen LogP contribution in [0.2, 0.25) is 0 Å². The molecule has 3 aromatic rings. The Hall–Kier alpha value is -3.23. The molecule has 1 N–H and O–H groups in total. The van der Waals surface area contributed by atoms with E-state index in [0.29, 0.717) is 18.7 Å². The third-order valence-electron chi connectivity index (χ3n) is 8.02. The Morgan fingerprint density at radius 3 is 2.60 bits per heavy atom. The van der Waals surface area contributed by atoms with E-state index in [-0.39, 0.29) is 36.0 Å². The van der Waals surface area contributed by atoms with E-state index in [4.69, 9.17) is 4.42 Å². The highest BCUT2D eigenvalue weighted by atomic mass is 16.3. The fourth-order valence-electron chi connectivity index (χ4n) is 6.41. The number of aliphatic hydroxyl groups is 1. The molecule has 1 aromatic carbocycles. The summed E-state index contributed by atoms with van der Waals surface area (Å²) in [5, 5.41) is 10.5. The Bertz CT molecular complexity index is 1250. The predicted molar refractivity (Wildman–Crippen MR) is 129 cm³/mol. The Labute approximate surface area is 203 Å². The molecule has 0 spiro atoms. The number of hydrogen-bond donors (Lipinski definition) is 1. The van der Waals surface area contributed by atoms with Gasteiger partial charge >= 0.3 is 0 Å². The molecule has 8 heteroatoms. The third-order valence-corrected chi connectivity index (χ3v) is 8.02. The molecule has 0 saturated carbocycles. The molecule has 8 nitrogen and oxygen atoms in total. The number of oxazole rings is 1. The number of pyridine rings is 1. The molecule has 6 rings (SSSR count). The molecule has 182 valence electrons. The van der Waals surface area contributed by atoms with E-state index >= 15 is 0 Å². The molecule has 1 amide bonds. The number of piperidine rings is 1. The zero-order valence-electron chi connectivity index (χ0n) is 19.6. The average molecular weight is 475 g/mol. The van der Waals surface area contributed by atoms with E-state index < -0.39 is 6.04 Å². The summed E-state index contributed by atoms with van der Waals surface area (Å²) in [7, 11) is 0. The van der Waals surface area contributed by atoms with Crippen molar-refractivity contribution in [2.45, 2.75) is 44.4 Å². The van der Waals surface area contributed by atoms with Gasteiger partial charge in [-0.3, -0.25) is 14.5 Å². The maximum atomic E-state index is 13.8. The van der Waals surface area contributed by atoms with Gasteiger partial charge in [0.05, 0.1) is 17.8 Å². The largest absolute Gasteiger partial charge is 0.451 e. The van der Waals surface area contributed by atoms with Crippen molar-refractivity contribution >= 4 is 5.91 Å². The molecule has 2 fully saturated rings. The van der Waals surface area contributed by atoms with Crippen molar-refractivity contribution in [1.82, 2.24) is 19.4 Å². The van der Waals surface area contributed by atoms with Crippen molar-refractivity contribution in [3.05, 3.63) is 76.9 Å². The van der Waals surface area contributed by atoms with E-state index in [1.807, 2.05) is 51.9 Å². The molecule has 0 aliphatic carbocycles. The number of likely N-dealkylation sites (tertiary alicyclic amines) is 2. The van der Waals surface area contributed by atoms with Gasteiger partial charge < -0.3 is 19.0 Å². The standard InChI is InChI=1S/C27H30N4O4/c32-15-22-21-14-30-23(10-9-20(26(30)33)18-7-3-1-4-8-18)24(21)31(13-19-16-35-17-28-19)25(22)27(34)29-11-5-2-6-12-29/h1,3-4,7-10,16-17,21-22,24-25,32H,2,5-6,11-15H2/t21-,22-,24+,25-/m1/s1. The molecular weight excluding hydrogens is 444 g/mol. The summed E-state index contributed by atoms with van der Waals surface area (Å²) >= 11 is 0. The Kier molecular flexibility index (Phi) is 5.78. The highest BCUT2D eigenvalue weighted by Crippen LogP contribution is 2.50. The Morgan fingerprint density at radius 2 is 1.89 bits per heavy atom. The van der Waals surface area contributed by atoms with Crippen molar-refractivity contribution in [2.75, 3.05) is 19.7 Å². The van der Waals surface area contributed by atoms with Gasteiger partial charge in [-0.05, 0) is 37.0 Å². The number of aromatic nitrogens is 2. The van der Waals surface area contributed by atoms with E-state index in [0.717, 1.165) is 49.3 Å². The number of benzene rings is 1. The van der Waals surface area contributed by atoms with Crippen LogP contribution < -0.4 is 5.56 Å². The van der Waals surface area contributed by atoms with Crippen molar-refractivity contribution in [1.29, 1.82) is 0 Å². The molecule has 4 atom stereocenters. The topological polar surface area (TPSA) is 91.8 Å². The molecule has 3 aliphatic rings. The fourth-order valence-corrected chi connectivity index (χ4v) is 6.41. The van der Waals surface area contributed by atoms with Crippen LogP contribution in [0.15, 0.2) is 64.3 Å². The first-order valence-electron chi connectivity index (χ1n) is 12.5. The van der Waals surface area contributed by atoms with Crippen molar-refractivity contribution < 1.29 is 14.3 Å². The van der Waals surface area contributed by atoms with Crippen LogP contribution in [0.3, 0.4) is 0 Å². The molecular formula is C27H30N4O4. The highest BCUT2D eigenvalue weighted by molar-refractivity contribution is 5.83. The van der Waals surface area contributed by atoms with Gasteiger partial charge in [-0.2, -0.15) is 0 Å². The van der Waals surface area contributed by atoms with Crippen LogP contribution in [0.5, 0.6) is 0 Å². The quantitative estimate of drug-likeness (QED) is 0.611. The number of amides is 1. The maximum absolute atomic E-state index is 13.8. The molecule has 2 saturated heterocycles. The number of hydrogen-bond acceptors (Lipinski definition) is 6. The summed E-state index contributed by atoms with van der Waals surface area (Å²) in [6, 6.07) is 13.0. The average Bonchev–Trinajstić information content (AvgIpc) is 3.61. The number of carbonyl (C=O) groups excluding carboxylic acids is 1. The monoisotopic (exact) mass is 474 g/mol. The van der Waals surface area contributed by atoms with Crippen molar-refractivity contribution in [3.63, 3.8) is 0 Å². The van der Waals surface area contributed by atoms with Crippen LogP contribution in [-0.2, 0) is 17.9 Å². The number of carbonyl (C=O) groups is 1. The van der Waals surface area contributed by atoms with Crippen LogP contribution in [0.25, 0.3) is 11.1 Å². The van der Waals surface area contributed by atoms with E-state index in [1.54, 1.807) is 6.26 Å². The van der Waals surface area contributed by atoms with E-state index in [2.05, 4.69) is 9.88 Å². The lowest BCUT2D eigenvalue weighted by molar-refractivity contribution is -0.139. The van der Waals surface area contributed by atoms with Gasteiger partial charge in [0, 0.05) is 55.9 Å². The lowest BCUT2D eigenvalue weighted by Gasteiger charge is -2.35. The fraction of sp³-hybridized carbons (Fsp3) is 0.444. The molecule has 2 aromatic heterocycles. The van der Waals surface area contributed by atoms with Crippen LogP contribution in [0.1, 0.15) is 36.7 Å². The second kappa shape index (κ2) is 9.09. The summed E-state index contributed by atoms with van der Waals surface area (Å²) in [6.45, 7) is 2.33. The second-order valence-corrected chi connectivity index (χ2v) is 9.89. The third kappa shape index (κ3) is 3.72. The lowest BCUT2D eigenvalue weighted by atomic mass is 9.88. The van der Waals surface area contributed by atoms with Gasteiger partial charge in [0.2, 0.25) is 5.91 Å². The summed E-state index contributed by atoms with van der Waals surface area (Å²) in [5.41, 5.74) is 3.16. The normalized spacial score (nSPS) is 26.0. The Balaban J connectivity index is 1.41. The minimum atomic E-state index is -0.456. The smallest absolute Gasteiger partial charge is 0.258 e. The van der Waals surface area contributed by atoms with Gasteiger partial charge in [-0.25, -0.2) is 4.98 Å². The first kappa shape index (κ1) is 22.2. The summed E-state index contributed by atoms with van der Waals surface area (Å²) in [4.78, 5) is 35.8. The summed E-state index contributed by atoms with van der Waals surface area (Å²) in [6.07, 6.45) is 6.17.